The monoisotopic (exact) mass is 423 g/mol. The molecule has 5 N–H and O–H groups in total. The highest BCUT2D eigenvalue weighted by molar-refractivity contribution is 5.97. The number of carbonyl (C=O) groups is 2. The van der Waals surface area contributed by atoms with Crippen LogP contribution in [0, 0.1) is 5.92 Å². The van der Waals surface area contributed by atoms with E-state index in [2.05, 4.69) is 25.9 Å². The van der Waals surface area contributed by atoms with Crippen LogP contribution < -0.4 is 21.7 Å². The SMILES string of the molecule is NC(=O)c1cnc(Nc2cccc(NC(=O)N3CCCC3)c2)nc1NCC1CCCC1. The quantitative estimate of drug-likeness (QED) is 0.540. The first-order valence-electron chi connectivity index (χ1n) is 10.9. The number of aromatic nitrogens is 2. The van der Waals surface area contributed by atoms with Crippen molar-refractivity contribution in [2.75, 3.05) is 35.6 Å². The maximum absolute atomic E-state index is 12.3. The van der Waals surface area contributed by atoms with Crippen molar-refractivity contribution in [2.45, 2.75) is 38.5 Å². The van der Waals surface area contributed by atoms with E-state index in [9.17, 15) is 9.59 Å². The van der Waals surface area contributed by atoms with Crippen molar-refractivity contribution in [1.82, 2.24) is 14.9 Å². The Bertz CT molecular complexity index is 937. The van der Waals surface area contributed by atoms with Crippen molar-refractivity contribution in [3.63, 3.8) is 0 Å². The summed E-state index contributed by atoms with van der Waals surface area (Å²) in [7, 11) is 0. The molecule has 0 atom stereocenters. The van der Waals surface area contributed by atoms with Crippen LogP contribution in [0.5, 0.6) is 0 Å². The summed E-state index contributed by atoms with van der Waals surface area (Å²) in [5, 5.41) is 9.35. The van der Waals surface area contributed by atoms with Crippen LogP contribution in [0.1, 0.15) is 48.9 Å². The number of nitrogens with zero attached hydrogens (tertiary/aromatic N) is 3. The molecule has 1 aliphatic heterocycles. The lowest BCUT2D eigenvalue weighted by Crippen LogP contribution is -2.32. The molecular formula is C22H29N7O2. The van der Waals surface area contributed by atoms with E-state index >= 15 is 0 Å². The first-order chi connectivity index (χ1) is 15.1. The molecule has 1 aromatic heterocycles. The van der Waals surface area contributed by atoms with Crippen molar-refractivity contribution >= 4 is 35.1 Å². The second-order valence-corrected chi connectivity index (χ2v) is 8.18. The molecule has 1 aromatic carbocycles. The molecule has 0 unspecified atom stereocenters. The zero-order valence-electron chi connectivity index (χ0n) is 17.6. The molecule has 0 spiro atoms. The molecule has 0 radical (unpaired) electrons. The summed E-state index contributed by atoms with van der Waals surface area (Å²) in [6.07, 6.45) is 8.39. The van der Waals surface area contributed by atoms with Gasteiger partial charge in [0.05, 0.1) is 5.56 Å². The van der Waals surface area contributed by atoms with Crippen molar-refractivity contribution in [3.05, 3.63) is 36.0 Å². The van der Waals surface area contributed by atoms with Crippen LogP contribution in [0.25, 0.3) is 0 Å². The van der Waals surface area contributed by atoms with Crippen LogP contribution in [-0.2, 0) is 0 Å². The van der Waals surface area contributed by atoms with E-state index in [1.54, 1.807) is 0 Å². The highest BCUT2D eigenvalue weighted by atomic mass is 16.2. The van der Waals surface area contributed by atoms with Crippen molar-refractivity contribution < 1.29 is 9.59 Å². The first kappa shape index (κ1) is 20.9. The summed E-state index contributed by atoms with van der Waals surface area (Å²) in [6, 6.07) is 7.28. The molecule has 2 aromatic rings. The maximum Gasteiger partial charge on any atom is 0.321 e. The smallest absolute Gasteiger partial charge is 0.321 e. The Morgan fingerprint density at radius 1 is 1.10 bits per heavy atom. The fraction of sp³-hybridized carbons (Fsp3) is 0.455. The minimum Gasteiger partial charge on any atom is -0.369 e. The van der Waals surface area contributed by atoms with Crippen LogP contribution in [0.3, 0.4) is 0 Å². The molecule has 0 bridgehead atoms. The average molecular weight is 424 g/mol. The molecule has 164 valence electrons. The van der Waals surface area contributed by atoms with E-state index in [-0.39, 0.29) is 11.6 Å². The van der Waals surface area contributed by atoms with E-state index in [1.807, 2.05) is 29.2 Å². The van der Waals surface area contributed by atoms with Gasteiger partial charge in [0.25, 0.3) is 5.91 Å². The minimum absolute atomic E-state index is 0.0879. The Labute approximate surface area is 181 Å². The lowest BCUT2D eigenvalue weighted by Gasteiger charge is -2.17. The number of urea groups is 1. The van der Waals surface area contributed by atoms with E-state index in [4.69, 9.17) is 5.73 Å². The largest absolute Gasteiger partial charge is 0.369 e. The Hall–Kier alpha value is -3.36. The predicted octanol–water partition coefficient (Wildman–Crippen LogP) is 3.55. The first-order valence-corrected chi connectivity index (χ1v) is 10.9. The van der Waals surface area contributed by atoms with Gasteiger partial charge in [-0.2, -0.15) is 4.98 Å². The van der Waals surface area contributed by atoms with Crippen LogP contribution in [0.15, 0.2) is 30.5 Å². The molecule has 2 aliphatic rings. The Morgan fingerprint density at radius 2 is 1.84 bits per heavy atom. The van der Waals surface area contributed by atoms with E-state index in [0.29, 0.717) is 23.4 Å². The van der Waals surface area contributed by atoms with Gasteiger partial charge in [0, 0.05) is 37.2 Å². The molecule has 1 saturated heterocycles. The van der Waals surface area contributed by atoms with Gasteiger partial charge in [0.2, 0.25) is 5.95 Å². The Kier molecular flexibility index (Phi) is 6.49. The Morgan fingerprint density at radius 3 is 2.58 bits per heavy atom. The third-order valence-electron chi connectivity index (χ3n) is 5.85. The number of nitrogens with one attached hydrogen (secondary N) is 3. The summed E-state index contributed by atoms with van der Waals surface area (Å²) in [6.45, 7) is 2.34. The van der Waals surface area contributed by atoms with Gasteiger partial charge in [-0.3, -0.25) is 4.79 Å². The summed E-state index contributed by atoms with van der Waals surface area (Å²) in [5.41, 5.74) is 7.19. The highest BCUT2D eigenvalue weighted by Crippen LogP contribution is 2.26. The number of rotatable bonds is 7. The topological polar surface area (TPSA) is 125 Å². The van der Waals surface area contributed by atoms with Gasteiger partial charge in [0.15, 0.2) is 0 Å². The molecule has 9 nitrogen and oxygen atoms in total. The summed E-state index contributed by atoms with van der Waals surface area (Å²) >= 11 is 0. The molecule has 2 heterocycles. The molecule has 4 rings (SSSR count). The van der Waals surface area contributed by atoms with Gasteiger partial charge in [-0.15, -0.1) is 0 Å². The second-order valence-electron chi connectivity index (χ2n) is 8.18. The van der Waals surface area contributed by atoms with Gasteiger partial charge >= 0.3 is 6.03 Å². The fourth-order valence-electron chi connectivity index (χ4n) is 4.14. The number of nitrogens with two attached hydrogens (primary N) is 1. The van der Waals surface area contributed by atoms with Gasteiger partial charge in [0.1, 0.15) is 5.82 Å². The lowest BCUT2D eigenvalue weighted by atomic mass is 10.1. The zero-order valence-corrected chi connectivity index (χ0v) is 17.6. The number of hydrogen-bond donors (Lipinski definition) is 4. The molecule has 1 saturated carbocycles. The van der Waals surface area contributed by atoms with Gasteiger partial charge in [-0.1, -0.05) is 18.9 Å². The highest BCUT2D eigenvalue weighted by Gasteiger charge is 2.19. The molecule has 9 heteroatoms. The third kappa shape index (κ3) is 5.42. The molecule has 3 amide bonds. The number of benzene rings is 1. The van der Waals surface area contributed by atoms with Crippen molar-refractivity contribution in [1.29, 1.82) is 0 Å². The molecule has 31 heavy (non-hydrogen) atoms. The van der Waals surface area contributed by atoms with Crippen molar-refractivity contribution in [2.24, 2.45) is 11.7 Å². The second kappa shape index (κ2) is 9.63. The number of amides is 3. The van der Waals surface area contributed by atoms with Crippen molar-refractivity contribution in [3.8, 4) is 0 Å². The maximum atomic E-state index is 12.3. The van der Waals surface area contributed by atoms with Gasteiger partial charge in [-0.05, 0) is 49.8 Å². The number of anilines is 4. The Balaban J connectivity index is 1.44. The van der Waals surface area contributed by atoms with Crippen LogP contribution in [0.4, 0.5) is 27.9 Å². The third-order valence-corrected chi connectivity index (χ3v) is 5.85. The molecule has 2 fully saturated rings. The molecular weight excluding hydrogens is 394 g/mol. The fourth-order valence-corrected chi connectivity index (χ4v) is 4.14. The van der Waals surface area contributed by atoms with E-state index < -0.39 is 5.91 Å². The van der Waals surface area contributed by atoms with Crippen LogP contribution in [-0.4, -0.2) is 46.4 Å². The van der Waals surface area contributed by atoms with Gasteiger partial charge < -0.3 is 26.6 Å². The van der Waals surface area contributed by atoms with E-state index in [1.165, 1.54) is 31.9 Å². The lowest BCUT2D eigenvalue weighted by molar-refractivity contribution is 0.100. The zero-order chi connectivity index (χ0) is 21.6. The number of hydrogen-bond acceptors (Lipinski definition) is 6. The number of carbonyl (C=O) groups excluding carboxylic acids is 2. The normalized spacial score (nSPS) is 16.3. The summed E-state index contributed by atoms with van der Waals surface area (Å²) in [4.78, 5) is 34.6. The molecule has 1 aliphatic carbocycles. The summed E-state index contributed by atoms with van der Waals surface area (Å²) < 4.78 is 0. The number of primary amides is 1. The summed E-state index contributed by atoms with van der Waals surface area (Å²) in [5.74, 6) is 0.812. The standard InChI is InChI=1S/C22H29N7O2/c23-19(30)18-14-25-21(28-20(18)24-13-15-6-1-2-7-15)26-16-8-5-9-17(12-16)27-22(31)29-10-3-4-11-29/h5,8-9,12,14-15H,1-4,6-7,10-11,13H2,(H2,23,30)(H,27,31)(H2,24,25,26,28). The average Bonchev–Trinajstić information content (AvgIpc) is 3.47. The van der Waals surface area contributed by atoms with Crippen LogP contribution in [0.2, 0.25) is 0 Å². The van der Waals surface area contributed by atoms with Gasteiger partial charge in [-0.25, -0.2) is 9.78 Å². The predicted molar refractivity (Wildman–Crippen MR) is 121 cm³/mol. The number of likely N-dealkylation sites (tertiary alicyclic amines) is 1. The minimum atomic E-state index is -0.563. The van der Waals surface area contributed by atoms with Crippen LogP contribution >= 0.6 is 0 Å². The van der Waals surface area contributed by atoms with E-state index in [0.717, 1.165) is 38.2 Å².